The number of oxime groups is 1. The Hall–Kier alpha value is -1.45. The average Bonchev–Trinajstić information content (AvgIpc) is 1.91. The molecular weight excluding hydrogens is 118 g/mol. The second kappa shape index (κ2) is 2.76. The van der Waals surface area contributed by atoms with Crippen LogP contribution in [0.3, 0.4) is 0 Å². The third-order valence-corrected chi connectivity index (χ3v) is 0.787. The minimum atomic E-state index is 0.681. The number of rotatable bonds is 1. The average molecular weight is 123 g/mol. The first-order valence-corrected chi connectivity index (χ1v) is 2.36. The van der Waals surface area contributed by atoms with Crippen molar-refractivity contribution in [2.45, 2.75) is 0 Å². The molecule has 0 atom stereocenters. The van der Waals surface area contributed by atoms with E-state index in [1.165, 1.54) is 12.5 Å². The maximum Gasteiger partial charge on any atom is 0.115 e. The molecule has 0 aromatic carbocycles. The van der Waals surface area contributed by atoms with Crippen LogP contribution in [0.25, 0.3) is 0 Å². The molecule has 0 aliphatic rings. The highest BCUT2D eigenvalue weighted by atomic mass is 16.4. The van der Waals surface area contributed by atoms with Gasteiger partial charge in [-0.1, -0.05) is 5.16 Å². The summed E-state index contributed by atoms with van der Waals surface area (Å²) in [6.07, 6.45) is 5.77. The normalized spacial score (nSPS) is 10.2. The van der Waals surface area contributed by atoms with Gasteiger partial charge in [-0.3, -0.25) is 0 Å². The van der Waals surface area contributed by atoms with Gasteiger partial charge in [-0.15, -0.1) is 0 Å². The van der Waals surface area contributed by atoms with Crippen molar-refractivity contribution in [3.8, 4) is 0 Å². The van der Waals surface area contributed by atoms with Crippen LogP contribution in [0, 0.1) is 0 Å². The van der Waals surface area contributed by atoms with Gasteiger partial charge in [-0.25, -0.2) is 9.97 Å². The van der Waals surface area contributed by atoms with Crippen LogP contribution >= 0.6 is 0 Å². The molecule has 0 unspecified atom stereocenters. The van der Waals surface area contributed by atoms with Crippen LogP contribution in [0.2, 0.25) is 0 Å². The lowest BCUT2D eigenvalue weighted by atomic mass is 10.4. The molecule has 0 saturated carbocycles. The topological polar surface area (TPSA) is 58.4 Å². The summed E-state index contributed by atoms with van der Waals surface area (Å²) in [5.41, 5.74) is 0.681. The number of hydrogen-bond acceptors (Lipinski definition) is 4. The lowest BCUT2D eigenvalue weighted by Crippen LogP contribution is -1.83. The zero-order valence-electron chi connectivity index (χ0n) is 4.60. The molecule has 4 heteroatoms. The smallest absolute Gasteiger partial charge is 0.115 e. The molecule has 0 bridgehead atoms. The molecule has 1 rings (SSSR count). The molecule has 0 radical (unpaired) electrons. The Kier molecular flexibility index (Phi) is 1.74. The molecule has 0 aliphatic heterocycles. The first kappa shape index (κ1) is 5.68. The highest BCUT2D eigenvalue weighted by molar-refractivity contribution is 5.77. The van der Waals surface area contributed by atoms with E-state index in [2.05, 4.69) is 15.1 Å². The van der Waals surface area contributed by atoms with Crippen LogP contribution in [0.5, 0.6) is 0 Å². The Morgan fingerprint density at radius 1 is 1.44 bits per heavy atom. The quantitative estimate of drug-likeness (QED) is 0.331. The van der Waals surface area contributed by atoms with Crippen LogP contribution in [0.4, 0.5) is 0 Å². The third kappa shape index (κ3) is 1.49. The molecule has 46 valence electrons. The van der Waals surface area contributed by atoms with Crippen LogP contribution in [0.1, 0.15) is 5.56 Å². The van der Waals surface area contributed by atoms with Gasteiger partial charge in [-0.2, -0.15) is 0 Å². The second-order valence-corrected chi connectivity index (χ2v) is 1.42. The molecule has 0 spiro atoms. The summed E-state index contributed by atoms with van der Waals surface area (Å²) in [6, 6.07) is 0. The molecule has 1 aromatic rings. The summed E-state index contributed by atoms with van der Waals surface area (Å²) in [4.78, 5) is 7.38. The second-order valence-electron chi connectivity index (χ2n) is 1.42. The van der Waals surface area contributed by atoms with Gasteiger partial charge in [0.2, 0.25) is 0 Å². The molecule has 1 aromatic heterocycles. The van der Waals surface area contributed by atoms with Gasteiger partial charge in [-0.05, 0) is 0 Å². The summed E-state index contributed by atoms with van der Waals surface area (Å²) in [5.74, 6) is 0. The van der Waals surface area contributed by atoms with E-state index >= 15 is 0 Å². The third-order valence-electron chi connectivity index (χ3n) is 0.787. The van der Waals surface area contributed by atoms with E-state index in [-0.39, 0.29) is 0 Å². The fourth-order valence-electron chi connectivity index (χ4n) is 0.444. The fourth-order valence-corrected chi connectivity index (χ4v) is 0.444. The first-order valence-electron chi connectivity index (χ1n) is 2.36. The highest BCUT2D eigenvalue weighted by Crippen LogP contribution is 1.84. The van der Waals surface area contributed by atoms with E-state index in [0.717, 1.165) is 0 Å². The number of hydrogen-bond donors (Lipinski definition) is 1. The molecule has 0 aliphatic carbocycles. The summed E-state index contributed by atoms with van der Waals surface area (Å²) in [7, 11) is 0. The SMILES string of the molecule is O/N=C/c1cncnc1. The van der Waals surface area contributed by atoms with Crippen LogP contribution in [-0.2, 0) is 0 Å². The molecule has 4 nitrogen and oxygen atoms in total. The van der Waals surface area contributed by atoms with Crippen LogP contribution in [0.15, 0.2) is 23.9 Å². The summed E-state index contributed by atoms with van der Waals surface area (Å²) >= 11 is 0. The van der Waals surface area contributed by atoms with E-state index in [9.17, 15) is 0 Å². The van der Waals surface area contributed by atoms with Gasteiger partial charge >= 0.3 is 0 Å². The number of aromatic nitrogens is 2. The largest absolute Gasteiger partial charge is 0.411 e. The van der Waals surface area contributed by atoms with E-state index in [1.807, 2.05) is 0 Å². The van der Waals surface area contributed by atoms with Crippen molar-refractivity contribution in [3.05, 3.63) is 24.3 Å². The van der Waals surface area contributed by atoms with Crippen molar-refractivity contribution in [1.82, 2.24) is 9.97 Å². The van der Waals surface area contributed by atoms with Gasteiger partial charge < -0.3 is 5.21 Å². The maximum absolute atomic E-state index is 8.03. The highest BCUT2D eigenvalue weighted by Gasteiger charge is 1.82. The fraction of sp³-hybridized carbons (Fsp3) is 0. The lowest BCUT2D eigenvalue weighted by molar-refractivity contribution is 0.322. The summed E-state index contributed by atoms with van der Waals surface area (Å²) in [6.45, 7) is 0. The van der Waals surface area contributed by atoms with E-state index in [4.69, 9.17) is 5.21 Å². The Bertz CT molecular complexity index is 197. The summed E-state index contributed by atoms with van der Waals surface area (Å²) < 4.78 is 0. The molecule has 1 heterocycles. The minimum Gasteiger partial charge on any atom is -0.411 e. The van der Waals surface area contributed by atoms with Crippen molar-refractivity contribution in [2.24, 2.45) is 5.16 Å². The predicted octanol–water partition coefficient (Wildman–Crippen LogP) is 0.285. The van der Waals surface area contributed by atoms with Gasteiger partial charge in [0, 0.05) is 18.0 Å². The molecule has 0 amide bonds. The molecule has 9 heavy (non-hydrogen) atoms. The maximum atomic E-state index is 8.03. The van der Waals surface area contributed by atoms with E-state index in [0.29, 0.717) is 5.56 Å². The lowest BCUT2D eigenvalue weighted by Gasteiger charge is -1.83. The Balaban J connectivity index is 2.85. The van der Waals surface area contributed by atoms with Gasteiger partial charge in [0.1, 0.15) is 6.33 Å². The molecular formula is C5H5N3O. The van der Waals surface area contributed by atoms with Crippen LogP contribution in [-0.4, -0.2) is 21.4 Å². The minimum absolute atomic E-state index is 0.681. The van der Waals surface area contributed by atoms with Crippen LogP contribution < -0.4 is 0 Å². The van der Waals surface area contributed by atoms with Gasteiger partial charge in [0.25, 0.3) is 0 Å². The first-order chi connectivity index (χ1) is 4.43. The van der Waals surface area contributed by atoms with Crippen molar-refractivity contribution in [3.63, 3.8) is 0 Å². The van der Waals surface area contributed by atoms with Crippen molar-refractivity contribution in [2.75, 3.05) is 0 Å². The van der Waals surface area contributed by atoms with Crippen molar-refractivity contribution in [1.29, 1.82) is 0 Å². The summed E-state index contributed by atoms with van der Waals surface area (Å²) in [5, 5.41) is 10.8. The Morgan fingerprint density at radius 3 is 2.67 bits per heavy atom. The molecule has 1 N–H and O–H groups in total. The zero-order chi connectivity index (χ0) is 6.53. The standard InChI is InChI=1S/C5H5N3O/c9-8-3-5-1-6-4-7-2-5/h1-4,9H/b8-3+. The molecule has 0 fully saturated rings. The van der Waals surface area contributed by atoms with Crippen molar-refractivity contribution >= 4 is 6.21 Å². The Morgan fingerprint density at radius 2 is 2.11 bits per heavy atom. The number of nitrogens with zero attached hydrogens (tertiary/aromatic N) is 3. The van der Waals surface area contributed by atoms with Gasteiger partial charge in [0.05, 0.1) is 6.21 Å². The molecule has 0 saturated heterocycles. The van der Waals surface area contributed by atoms with Crippen molar-refractivity contribution < 1.29 is 5.21 Å². The monoisotopic (exact) mass is 123 g/mol. The van der Waals surface area contributed by atoms with E-state index in [1.54, 1.807) is 12.4 Å². The van der Waals surface area contributed by atoms with E-state index < -0.39 is 0 Å². The Labute approximate surface area is 51.9 Å². The van der Waals surface area contributed by atoms with Gasteiger partial charge in [0.15, 0.2) is 0 Å². The predicted molar refractivity (Wildman–Crippen MR) is 31.4 cm³/mol. The zero-order valence-corrected chi connectivity index (χ0v) is 4.60.